The first-order valence-electron chi connectivity index (χ1n) is 27.9. The summed E-state index contributed by atoms with van der Waals surface area (Å²) in [5.74, 6) is 0.0443. The van der Waals surface area contributed by atoms with Crippen LogP contribution in [0, 0.1) is 0 Å². The van der Waals surface area contributed by atoms with Gasteiger partial charge in [-0.2, -0.15) is 0 Å². The molecule has 2 heterocycles. The van der Waals surface area contributed by atoms with Crippen molar-refractivity contribution < 1.29 is 24.7 Å². The van der Waals surface area contributed by atoms with E-state index in [0.717, 1.165) is 72.4 Å². The SMILES string of the molecule is CCCCN(C)C(=O)c1ccc(N2CCC(NC(=O)NCC)(c3ccccc3)CC2c2ccc(Cl)c(Cl)c2)cc1.CCCCN(C)C(=O)c1ccc(N2CCC(NC(=O)NCC)(c3ccccc3)CC2c2ccc(Cl)c(Cl)c2)cc1.Cl.Cl.O. The van der Waals surface area contributed by atoms with E-state index in [0.29, 0.717) is 83.1 Å². The van der Waals surface area contributed by atoms with Crippen LogP contribution in [0.25, 0.3) is 0 Å². The van der Waals surface area contributed by atoms with Crippen molar-refractivity contribution in [1.29, 1.82) is 0 Å². The van der Waals surface area contributed by atoms with Crippen molar-refractivity contribution in [3.8, 4) is 0 Å². The zero-order valence-corrected chi connectivity index (χ0v) is 52.8. The van der Waals surface area contributed by atoms with E-state index in [1.54, 1.807) is 9.80 Å². The van der Waals surface area contributed by atoms with Gasteiger partial charge in [0, 0.05) is 75.9 Å². The molecule has 0 spiro atoms. The van der Waals surface area contributed by atoms with Gasteiger partial charge in [-0.1, -0.05) is 146 Å². The first-order valence-corrected chi connectivity index (χ1v) is 29.4. The summed E-state index contributed by atoms with van der Waals surface area (Å²) < 4.78 is 0. The lowest BCUT2D eigenvalue weighted by Gasteiger charge is -2.48. The predicted molar refractivity (Wildman–Crippen MR) is 347 cm³/mol. The van der Waals surface area contributed by atoms with Gasteiger partial charge in [0.15, 0.2) is 0 Å². The van der Waals surface area contributed by atoms with E-state index >= 15 is 0 Å². The minimum absolute atomic E-state index is 0. The second-order valence-electron chi connectivity index (χ2n) is 20.8. The van der Waals surface area contributed by atoms with Crippen molar-refractivity contribution in [2.75, 3.05) is 63.2 Å². The fourth-order valence-electron chi connectivity index (χ4n) is 11.0. The van der Waals surface area contributed by atoms with Crippen molar-refractivity contribution >= 4 is 106 Å². The normalized spacial score (nSPS) is 18.0. The lowest BCUT2D eigenvalue weighted by molar-refractivity contribution is 0.0786. The first kappa shape index (κ1) is 69.6. The van der Waals surface area contributed by atoms with Crippen LogP contribution in [0.4, 0.5) is 21.0 Å². The molecule has 0 aliphatic carbocycles. The number of benzene rings is 6. The fourth-order valence-corrected chi connectivity index (χ4v) is 11.6. The van der Waals surface area contributed by atoms with Crippen LogP contribution >= 0.6 is 71.2 Å². The van der Waals surface area contributed by atoms with Crippen LogP contribution in [0.5, 0.6) is 0 Å². The van der Waals surface area contributed by atoms with Gasteiger partial charge in [-0.15, -0.1) is 24.8 Å². The van der Waals surface area contributed by atoms with Crippen LogP contribution in [-0.4, -0.2) is 92.5 Å². The van der Waals surface area contributed by atoms with E-state index in [1.165, 1.54) is 0 Å². The highest BCUT2D eigenvalue weighted by molar-refractivity contribution is 6.42. The first-order chi connectivity index (χ1) is 38.5. The molecule has 6 aromatic rings. The number of nitrogens with one attached hydrogen (secondary N) is 4. The minimum Gasteiger partial charge on any atom is -0.412 e. The fraction of sp³-hybridized carbons (Fsp3) is 0.375. The quantitative estimate of drug-likeness (QED) is 0.0670. The Kier molecular flexibility index (Phi) is 27.6. The summed E-state index contributed by atoms with van der Waals surface area (Å²) in [6.45, 7) is 12.0. The molecule has 83 heavy (non-hydrogen) atoms. The number of amides is 6. The summed E-state index contributed by atoms with van der Waals surface area (Å²) in [6, 6.07) is 46.8. The number of carbonyl (C=O) groups excluding carboxylic acids is 4. The Balaban J connectivity index is 0.000000344. The molecule has 0 bridgehead atoms. The predicted octanol–water partition coefficient (Wildman–Crippen LogP) is 14.9. The molecule has 19 heteroatoms. The summed E-state index contributed by atoms with van der Waals surface area (Å²) in [7, 11) is 3.70. The molecule has 2 aliphatic heterocycles. The number of hydrogen-bond donors (Lipinski definition) is 4. The number of piperidine rings is 2. The molecule has 0 aromatic heterocycles. The van der Waals surface area contributed by atoms with Crippen LogP contribution in [0.3, 0.4) is 0 Å². The smallest absolute Gasteiger partial charge is 0.315 e. The molecule has 448 valence electrons. The number of anilines is 2. The highest BCUT2D eigenvalue weighted by atomic mass is 35.5. The highest BCUT2D eigenvalue weighted by Gasteiger charge is 2.45. The van der Waals surface area contributed by atoms with Gasteiger partial charge in [0.1, 0.15) is 0 Å². The average molecular weight is 1250 g/mol. The second-order valence-corrected chi connectivity index (χ2v) is 22.4. The van der Waals surface area contributed by atoms with Crippen molar-refractivity contribution in [1.82, 2.24) is 31.1 Å². The van der Waals surface area contributed by atoms with E-state index in [-0.39, 0.29) is 66.3 Å². The Labute approximate surface area is 523 Å². The van der Waals surface area contributed by atoms with E-state index in [1.807, 2.05) is 149 Å². The maximum atomic E-state index is 12.9. The minimum atomic E-state index is -0.592. The zero-order chi connectivity index (χ0) is 57.4. The molecule has 4 unspecified atom stereocenters. The molecule has 13 nitrogen and oxygen atoms in total. The third kappa shape index (κ3) is 17.6. The maximum absolute atomic E-state index is 12.9. The number of halogens is 6. The van der Waals surface area contributed by atoms with Gasteiger partial charge < -0.3 is 46.3 Å². The lowest BCUT2D eigenvalue weighted by atomic mass is 9.75. The van der Waals surface area contributed by atoms with Crippen LogP contribution in [0.2, 0.25) is 20.1 Å². The van der Waals surface area contributed by atoms with Gasteiger partial charge in [0.2, 0.25) is 0 Å². The number of nitrogens with zero attached hydrogens (tertiary/aromatic N) is 4. The number of rotatable bonds is 18. The standard InChI is InChI=1S/2C32H38Cl2N4O2.2ClH.H2O/c2*1-4-6-19-37(3)30(39)23-12-15-26(16-13-23)38-20-18-32(36-31(40)35-5-2,25-10-8-7-9-11-25)22-29(38)24-14-17-27(33)28(34)21-24;;;/h2*7-17,21,29H,4-6,18-20,22H2,1-3H3,(H2,35,36,40);2*1H;1H2. The molecule has 8 rings (SSSR count). The van der Waals surface area contributed by atoms with Crippen LogP contribution in [0.1, 0.15) is 134 Å². The molecule has 2 saturated heterocycles. The molecular weight excluding hydrogens is 1170 g/mol. The highest BCUT2D eigenvalue weighted by Crippen LogP contribution is 2.47. The summed E-state index contributed by atoms with van der Waals surface area (Å²) in [4.78, 5) is 59.9. The lowest BCUT2D eigenvalue weighted by Crippen LogP contribution is -2.56. The summed E-state index contributed by atoms with van der Waals surface area (Å²) in [5.41, 5.74) is 6.29. The average Bonchev–Trinajstić information content (AvgIpc) is 3.67. The number of unbranched alkanes of at least 4 members (excludes halogenated alkanes) is 2. The Morgan fingerprint density at radius 1 is 0.506 bits per heavy atom. The van der Waals surface area contributed by atoms with E-state index in [2.05, 4.69) is 69.2 Å². The van der Waals surface area contributed by atoms with Crippen molar-refractivity contribution in [3.05, 3.63) is 199 Å². The van der Waals surface area contributed by atoms with Gasteiger partial charge in [-0.05, 0) is 147 Å². The molecule has 2 fully saturated rings. The van der Waals surface area contributed by atoms with Gasteiger partial charge in [-0.25, -0.2) is 9.59 Å². The van der Waals surface area contributed by atoms with E-state index < -0.39 is 11.1 Å². The molecule has 0 saturated carbocycles. The summed E-state index contributed by atoms with van der Waals surface area (Å²) >= 11 is 25.6. The van der Waals surface area contributed by atoms with Crippen LogP contribution in [0.15, 0.2) is 146 Å². The summed E-state index contributed by atoms with van der Waals surface area (Å²) in [5, 5.41) is 14.4. The third-order valence-electron chi connectivity index (χ3n) is 15.4. The molecule has 6 aromatic carbocycles. The van der Waals surface area contributed by atoms with Crippen LogP contribution in [-0.2, 0) is 11.1 Å². The van der Waals surface area contributed by atoms with Gasteiger partial charge in [-0.3, -0.25) is 9.59 Å². The molecule has 4 atom stereocenters. The van der Waals surface area contributed by atoms with Crippen molar-refractivity contribution in [3.63, 3.8) is 0 Å². The van der Waals surface area contributed by atoms with Gasteiger partial charge >= 0.3 is 12.1 Å². The third-order valence-corrected chi connectivity index (χ3v) is 16.8. The molecule has 6 amide bonds. The number of carbonyl (C=O) groups is 4. The maximum Gasteiger partial charge on any atom is 0.315 e. The Bertz CT molecular complexity index is 2820. The molecule has 0 radical (unpaired) electrons. The molecular formula is C64H80Cl6N8O5. The molecule has 2 aliphatic rings. The largest absolute Gasteiger partial charge is 0.412 e. The summed E-state index contributed by atoms with van der Waals surface area (Å²) in [6.07, 6.45) is 6.68. The monoisotopic (exact) mass is 1250 g/mol. The molecule has 6 N–H and O–H groups in total. The zero-order valence-electron chi connectivity index (χ0n) is 48.2. The Morgan fingerprint density at radius 2 is 0.855 bits per heavy atom. The number of hydrogen-bond acceptors (Lipinski definition) is 6. The van der Waals surface area contributed by atoms with Gasteiger partial charge in [0.05, 0.1) is 43.3 Å². The van der Waals surface area contributed by atoms with E-state index in [9.17, 15) is 19.2 Å². The van der Waals surface area contributed by atoms with Crippen molar-refractivity contribution in [2.45, 2.75) is 102 Å². The van der Waals surface area contributed by atoms with E-state index in [4.69, 9.17) is 46.4 Å². The topological polar surface area (TPSA) is 161 Å². The Hall–Kier alpha value is -5.90. The number of urea groups is 2. The van der Waals surface area contributed by atoms with Crippen molar-refractivity contribution in [2.24, 2.45) is 0 Å². The Morgan fingerprint density at radius 3 is 1.17 bits per heavy atom. The van der Waals surface area contributed by atoms with Crippen LogP contribution < -0.4 is 31.1 Å². The van der Waals surface area contributed by atoms with Gasteiger partial charge in [0.25, 0.3) is 11.8 Å². The second kappa shape index (κ2) is 33.0.